The highest BCUT2D eigenvalue weighted by Crippen LogP contribution is 2.17. The zero-order valence-electron chi connectivity index (χ0n) is 15.0. The van der Waals surface area contributed by atoms with Crippen molar-refractivity contribution in [1.82, 2.24) is 9.80 Å². The van der Waals surface area contributed by atoms with E-state index >= 15 is 0 Å². The highest BCUT2D eigenvalue weighted by atomic mass is 35.5. The van der Waals surface area contributed by atoms with Crippen molar-refractivity contribution >= 4 is 30.0 Å². The molecule has 1 heterocycles. The van der Waals surface area contributed by atoms with Gasteiger partial charge in [-0.25, -0.2) is 4.39 Å². The van der Waals surface area contributed by atoms with Gasteiger partial charge in [0.05, 0.1) is 12.2 Å². The van der Waals surface area contributed by atoms with Crippen molar-refractivity contribution < 1.29 is 19.1 Å². The number of halogens is 2. The van der Waals surface area contributed by atoms with E-state index in [4.69, 9.17) is 5.11 Å². The fraction of sp³-hybridized carbons (Fsp3) is 0.556. The fourth-order valence-electron chi connectivity index (χ4n) is 3.22. The van der Waals surface area contributed by atoms with Crippen LogP contribution in [0.25, 0.3) is 0 Å². The summed E-state index contributed by atoms with van der Waals surface area (Å²) >= 11 is 0. The molecule has 1 saturated heterocycles. The molecule has 8 heteroatoms. The van der Waals surface area contributed by atoms with Gasteiger partial charge in [-0.3, -0.25) is 14.5 Å². The number of hydrogen-bond acceptors (Lipinski definition) is 4. The van der Waals surface area contributed by atoms with Crippen LogP contribution in [0.4, 0.5) is 10.1 Å². The van der Waals surface area contributed by atoms with Crippen molar-refractivity contribution in [2.24, 2.45) is 0 Å². The molecule has 0 atom stereocenters. The smallest absolute Gasteiger partial charge is 0.317 e. The van der Waals surface area contributed by atoms with Crippen molar-refractivity contribution in [3.8, 4) is 0 Å². The van der Waals surface area contributed by atoms with E-state index in [1.807, 2.05) is 11.8 Å². The van der Waals surface area contributed by atoms with Gasteiger partial charge in [0.15, 0.2) is 0 Å². The quantitative estimate of drug-likeness (QED) is 0.716. The van der Waals surface area contributed by atoms with E-state index in [1.54, 1.807) is 18.2 Å². The third kappa shape index (κ3) is 6.90. The Hall–Kier alpha value is -1.70. The molecule has 0 spiro atoms. The number of carboxylic acid groups (broad SMARTS) is 1. The number of likely N-dealkylation sites (N-methyl/N-ethyl adjacent to an activating group) is 1. The normalized spacial score (nSPS) is 15.5. The lowest BCUT2D eigenvalue weighted by molar-refractivity contribution is -0.139. The van der Waals surface area contributed by atoms with Gasteiger partial charge in [0.1, 0.15) is 5.82 Å². The molecule has 0 aromatic heterocycles. The maximum Gasteiger partial charge on any atom is 0.317 e. The van der Waals surface area contributed by atoms with Gasteiger partial charge in [-0.05, 0) is 44.6 Å². The monoisotopic (exact) mass is 387 g/mol. The molecular weight excluding hydrogens is 361 g/mol. The Morgan fingerprint density at radius 2 is 1.96 bits per heavy atom. The summed E-state index contributed by atoms with van der Waals surface area (Å²) in [7, 11) is 0. The van der Waals surface area contributed by atoms with Crippen molar-refractivity contribution in [3.05, 3.63) is 30.1 Å². The largest absolute Gasteiger partial charge is 0.480 e. The topological polar surface area (TPSA) is 72.9 Å². The van der Waals surface area contributed by atoms with Crippen LogP contribution >= 0.6 is 12.4 Å². The van der Waals surface area contributed by atoms with E-state index in [1.165, 1.54) is 6.07 Å². The first-order valence-electron chi connectivity index (χ1n) is 8.72. The van der Waals surface area contributed by atoms with E-state index in [0.717, 1.165) is 32.5 Å². The molecule has 0 saturated carbocycles. The minimum absolute atomic E-state index is 0. The molecule has 0 unspecified atom stereocenters. The molecule has 1 aliphatic heterocycles. The fourth-order valence-corrected chi connectivity index (χ4v) is 3.22. The van der Waals surface area contributed by atoms with Crippen LogP contribution in [0.1, 0.15) is 26.2 Å². The maximum absolute atomic E-state index is 13.5. The van der Waals surface area contributed by atoms with E-state index in [0.29, 0.717) is 13.0 Å². The van der Waals surface area contributed by atoms with Crippen molar-refractivity contribution in [2.45, 2.75) is 32.2 Å². The van der Waals surface area contributed by atoms with Gasteiger partial charge < -0.3 is 15.3 Å². The van der Waals surface area contributed by atoms with Gasteiger partial charge in [0.25, 0.3) is 0 Å². The Kier molecular flexibility index (Phi) is 9.54. The van der Waals surface area contributed by atoms with Crippen LogP contribution in [0, 0.1) is 5.82 Å². The molecule has 2 N–H and O–H groups in total. The Bertz CT molecular complexity index is 595. The molecule has 1 aromatic rings. The SMILES string of the molecule is CCN(CC(=O)O)C1CCN(CCC(=O)Nc2ccccc2F)CC1.Cl. The van der Waals surface area contributed by atoms with Crippen molar-refractivity contribution in [2.75, 3.05) is 38.0 Å². The van der Waals surface area contributed by atoms with Crippen molar-refractivity contribution in [3.63, 3.8) is 0 Å². The second-order valence-electron chi connectivity index (χ2n) is 6.31. The van der Waals surface area contributed by atoms with Gasteiger partial charge >= 0.3 is 5.97 Å². The van der Waals surface area contributed by atoms with E-state index in [-0.39, 0.29) is 36.6 Å². The molecule has 1 aliphatic rings. The van der Waals surface area contributed by atoms with Crippen LogP contribution in [0.3, 0.4) is 0 Å². The molecule has 0 bridgehead atoms. The number of hydrogen-bond donors (Lipinski definition) is 2. The van der Waals surface area contributed by atoms with Crippen LogP contribution < -0.4 is 5.32 Å². The Morgan fingerprint density at radius 3 is 2.54 bits per heavy atom. The average Bonchev–Trinajstić information content (AvgIpc) is 2.60. The zero-order chi connectivity index (χ0) is 18.2. The van der Waals surface area contributed by atoms with E-state index in [2.05, 4.69) is 10.2 Å². The number of aliphatic carboxylic acids is 1. The second-order valence-corrected chi connectivity index (χ2v) is 6.31. The Labute approximate surface area is 159 Å². The number of carboxylic acids is 1. The van der Waals surface area contributed by atoms with Crippen LogP contribution in [0.2, 0.25) is 0 Å². The summed E-state index contributed by atoms with van der Waals surface area (Å²) < 4.78 is 13.5. The average molecular weight is 388 g/mol. The van der Waals surface area contributed by atoms with Crippen LogP contribution in [-0.2, 0) is 9.59 Å². The first-order chi connectivity index (χ1) is 12.0. The summed E-state index contributed by atoms with van der Waals surface area (Å²) in [6.45, 7) is 5.08. The molecule has 0 radical (unpaired) electrons. The first kappa shape index (κ1) is 22.3. The number of anilines is 1. The van der Waals surface area contributed by atoms with E-state index < -0.39 is 11.8 Å². The number of para-hydroxylation sites is 1. The zero-order valence-corrected chi connectivity index (χ0v) is 15.8. The minimum Gasteiger partial charge on any atom is -0.480 e. The molecule has 1 amide bonds. The van der Waals surface area contributed by atoms with Crippen LogP contribution in [0.5, 0.6) is 0 Å². The number of nitrogens with one attached hydrogen (secondary N) is 1. The first-order valence-corrected chi connectivity index (χ1v) is 8.72. The summed E-state index contributed by atoms with van der Waals surface area (Å²) in [6.07, 6.45) is 2.11. The van der Waals surface area contributed by atoms with Gasteiger partial charge in [-0.2, -0.15) is 0 Å². The summed E-state index contributed by atoms with van der Waals surface area (Å²) in [5.74, 6) is -1.43. The summed E-state index contributed by atoms with van der Waals surface area (Å²) in [5.41, 5.74) is 0.207. The predicted octanol–water partition coefficient (Wildman–Crippen LogP) is 2.45. The second kappa shape index (κ2) is 11.1. The van der Waals surface area contributed by atoms with Gasteiger partial charge in [-0.15, -0.1) is 12.4 Å². The summed E-state index contributed by atoms with van der Waals surface area (Å²) in [5, 5.41) is 11.6. The molecule has 1 fully saturated rings. The number of rotatable bonds is 8. The number of nitrogens with zero attached hydrogens (tertiary/aromatic N) is 2. The summed E-state index contributed by atoms with van der Waals surface area (Å²) in [6, 6.07) is 6.40. The Balaban J connectivity index is 0.00000338. The summed E-state index contributed by atoms with van der Waals surface area (Å²) in [4.78, 5) is 27.1. The maximum atomic E-state index is 13.5. The van der Waals surface area contributed by atoms with Gasteiger partial charge in [0, 0.05) is 19.0 Å². The highest BCUT2D eigenvalue weighted by molar-refractivity contribution is 5.90. The highest BCUT2D eigenvalue weighted by Gasteiger charge is 2.25. The minimum atomic E-state index is -0.797. The third-order valence-electron chi connectivity index (χ3n) is 4.62. The number of amides is 1. The van der Waals surface area contributed by atoms with Gasteiger partial charge in [0.2, 0.25) is 5.91 Å². The van der Waals surface area contributed by atoms with Crippen LogP contribution in [-0.4, -0.2) is 65.5 Å². The number of benzene rings is 1. The molecule has 0 aliphatic carbocycles. The predicted molar refractivity (Wildman–Crippen MR) is 101 cm³/mol. The number of likely N-dealkylation sites (tertiary alicyclic amines) is 1. The van der Waals surface area contributed by atoms with Crippen LogP contribution in [0.15, 0.2) is 24.3 Å². The van der Waals surface area contributed by atoms with Gasteiger partial charge in [-0.1, -0.05) is 19.1 Å². The number of carbonyl (C=O) groups excluding carboxylic acids is 1. The molecule has 2 rings (SSSR count). The lowest BCUT2D eigenvalue weighted by Gasteiger charge is -2.37. The van der Waals surface area contributed by atoms with Crippen molar-refractivity contribution in [1.29, 1.82) is 0 Å². The lowest BCUT2D eigenvalue weighted by atomic mass is 10.0. The molecular formula is C18H27ClFN3O3. The number of carbonyl (C=O) groups is 2. The third-order valence-corrected chi connectivity index (χ3v) is 4.62. The van der Waals surface area contributed by atoms with E-state index in [9.17, 15) is 14.0 Å². The molecule has 6 nitrogen and oxygen atoms in total. The molecule has 1 aromatic carbocycles. The molecule has 26 heavy (non-hydrogen) atoms. The Morgan fingerprint density at radius 1 is 1.31 bits per heavy atom. The standard InChI is InChI=1S/C18H26FN3O3.ClH/c1-2-22(13-18(24)25)14-7-10-21(11-8-14)12-9-17(23)20-16-6-4-3-5-15(16)19;/h3-6,14H,2,7-13H2,1H3,(H,20,23)(H,24,25);1H. The lowest BCUT2D eigenvalue weighted by Crippen LogP contribution is -2.47. The number of piperidine rings is 1. The molecule has 146 valence electrons.